The molecule has 0 radical (unpaired) electrons. The lowest BCUT2D eigenvalue weighted by Crippen LogP contribution is -2.31. The molecule has 0 aliphatic carbocycles. The number of carbonyl (C=O) groups is 2. The first-order valence-corrected chi connectivity index (χ1v) is 7.95. The fourth-order valence-corrected chi connectivity index (χ4v) is 2.46. The molecule has 0 spiro atoms. The van der Waals surface area contributed by atoms with Crippen molar-refractivity contribution >= 4 is 11.9 Å². The molecule has 130 valence electrons. The maximum atomic E-state index is 12.0. The van der Waals surface area contributed by atoms with Gasteiger partial charge in [-0.15, -0.1) is 0 Å². The molecule has 3 rings (SSSR count). The first-order valence-electron chi connectivity index (χ1n) is 7.95. The molecule has 6 heteroatoms. The lowest BCUT2D eigenvalue weighted by Gasteiger charge is -2.14. The fourth-order valence-electron chi connectivity index (χ4n) is 2.46. The van der Waals surface area contributed by atoms with Crippen LogP contribution in [-0.2, 0) is 9.53 Å². The molecule has 0 saturated carbocycles. The molecule has 1 heterocycles. The average molecular weight is 341 g/mol. The Hall–Kier alpha value is -3.02. The summed E-state index contributed by atoms with van der Waals surface area (Å²) >= 11 is 0. The van der Waals surface area contributed by atoms with Crippen LogP contribution in [0.1, 0.15) is 34.5 Å². The van der Waals surface area contributed by atoms with Crippen LogP contribution < -0.4 is 14.8 Å². The van der Waals surface area contributed by atoms with Gasteiger partial charge in [-0.25, -0.2) is 4.79 Å². The summed E-state index contributed by atoms with van der Waals surface area (Å²) in [6.45, 7) is 3.67. The first-order chi connectivity index (χ1) is 12.0. The normalized spacial score (nSPS) is 13.2. The summed E-state index contributed by atoms with van der Waals surface area (Å²) in [5.74, 6) is 0.131. The van der Waals surface area contributed by atoms with Crippen molar-refractivity contribution < 1.29 is 23.8 Å². The fraction of sp³-hybridized carbons (Fsp3) is 0.263. The van der Waals surface area contributed by atoms with E-state index in [0.29, 0.717) is 17.1 Å². The van der Waals surface area contributed by atoms with Gasteiger partial charge in [-0.05, 0) is 37.6 Å². The highest BCUT2D eigenvalue weighted by molar-refractivity contribution is 5.92. The second-order valence-corrected chi connectivity index (χ2v) is 5.84. The zero-order valence-corrected chi connectivity index (χ0v) is 14.1. The summed E-state index contributed by atoms with van der Waals surface area (Å²) < 4.78 is 15.5. The van der Waals surface area contributed by atoms with Crippen LogP contribution in [0.4, 0.5) is 0 Å². The van der Waals surface area contributed by atoms with Crippen LogP contribution in [0.5, 0.6) is 11.5 Å². The largest absolute Gasteiger partial charge is 0.454 e. The van der Waals surface area contributed by atoms with Crippen molar-refractivity contribution in [2.45, 2.75) is 19.9 Å². The number of hydrogen-bond acceptors (Lipinski definition) is 5. The molecule has 1 aliphatic rings. The minimum atomic E-state index is -0.587. The van der Waals surface area contributed by atoms with Crippen LogP contribution in [0.3, 0.4) is 0 Å². The Balaban J connectivity index is 1.51. The molecule has 0 aromatic heterocycles. The molecule has 1 aliphatic heterocycles. The number of ether oxygens (including phenoxy) is 3. The van der Waals surface area contributed by atoms with Gasteiger partial charge in [-0.2, -0.15) is 0 Å². The molecule has 1 atom stereocenters. The van der Waals surface area contributed by atoms with Crippen LogP contribution in [0, 0.1) is 6.92 Å². The molecule has 1 N–H and O–H groups in total. The van der Waals surface area contributed by atoms with E-state index >= 15 is 0 Å². The summed E-state index contributed by atoms with van der Waals surface area (Å²) in [7, 11) is 0. The minimum Gasteiger partial charge on any atom is -0.454 e. The molecule has 25 heavy (non-hydrogen) atoms. The molecular formula is C19H19NO5. The molecule has 1 amide bonds. The van der Waals surface area contributed by atoms with E-state index in [1.54, 1.807) is 12.1 Å². The van der Waals surface area contributed by atoms with Crippen LogP contribution >= 0.6 is 0 Å². The van der Waals surface area contributed by atoms with Gasteiger partial charge in [0.15, 0.2) is 18.1 Å². The van der Waals surface area contributed by atoms with E-state index in [2.05, 4.69) is 5.32 Å². The number of benzene rings is 2. The first kappa shape index (κ1) is 16.8. The van der Waals surface area contributed by atoms with E-state index in [9.17, 15) is 9.59 Å². The molecule has 6 nitrogen and oxygen atoms in total. The zero-order valence-electron chi connectivity index (χ0n) is 14.1. The van der Waals surface area contributed by atoms with Gasteiger partial charge in [0.2, 0.25) is 6.79 Å². The standard InChI is InChI=1S/C19H19NO5/c1-12-3-5-14(6-4-12)13(2)20-18(21)10-23-19(22)15-7-8-16-17(9-15)25-11-24-16/h3-9,13H,10-11H2,1-2H3,(H,20,21)/t13-/m0/s1. The third kappa shape index (κ3) is 4.09. The second-order valence-electron chi connectivity index (χ2n) is 5.84. The van der Waals surface area contributed by atoms with E-state index in [4.69, 9.17) is 14.2 Å². The van der Waals surface area contributed by atoms with E-state index < -0.39 is 5.97 Å². The maximum Gasteiger partial charge on any atom is 0.338 e. The van der Waals surface area contributed by atoms with Gasteiger partial charge in [0.05, 0.1) is 11.6 Å². The van der Waals surface area contributed by atoms with Crippen molar-refractivity contribution in [1.82, 2.24) is 5.32 Å². The van der Waals surface area contributed by atoms with Crippen molar-refractivity contribution in [3.05, 3.63) is 59.2 Å². The van der Waals surface area contributed by atoms with Gasteiger partial charge in [0.1, 0.15) is 0 Å². The van der Waals surface area contributed by atoms with E-state index in [0.717, 1.165) is 11.1 Å². The summed E-state index contributed by atoms with van der Waals surface area (Å²) in [5, 5.41) is 2.80. The number of aryl methyl sites for hydroxylation is 1. The van der Waals surface area contributed by atoms with E-state index in [1.807, 2.05) is 38.1 Å². The minimum absolute atomic E-state index is 0.132. The lowest BCUT2D eigenvalue weighted by atomic mass is 10.1. The number of esters is 1. The Morgan fingerprint density at radius 1 is 1.12 bits per heavy atom. The third-order valence-electron chi connectivity index (χ3n) is 3.90. The van der Waals surface area contributed by atoms with Crippen LogP contribution in [0.25, 0.3) is 0 Å². The molecule has 2 aromatic rings. The summed E-state index contributed by atoms with van der Waals surface area (Å²) in [6, 6.07) is 12.5. The summed E-state index contributed by atoms with van der Waals surface area (Å²) in [4.78, 5) is 24.0. The molecule has 0 fully saturated rings. The predicted molar refractivity (Wildman–Crippen MR) is 90.6 cm³/mol. The summed E-state index contributed by atoms with van der Waals surface area (Å²) in [5.41, 5.74) is 2.45. The molecule has 2 aromatic carbocycles. The van der Waals surface area contributed by atoms with Gasteiger partial charge in [-0.1, -0.05) is 29.8 Å². The maximum absolute atomic E-state index is 12.0. The van der Waals surface area contributed by atoms with Crippen LogP contribution in [-0.4, -0.2) is 25.3 Å². The Morgan fingerprint density at radius 2 is 1.84 bits per heavy atom. The Labute approximate surface area is 145 Å². The van der Waals surface area contributed by atoms with E-state index in [1.165, 1.54) is 6.07 Å². The Bertz CT molecular complexity index is 785. The topological polar surface area (TPSA) is 73.9 Å². The molecule has 0 saturated heterocycles. The number of carbonyl (C=O) groups excluding carboxylic acids is 2. The SMILES string of the molecule is Cc1ccc([C@H](C)NC(=O)COC(=O)c2ccc3c(c2)OCO3)cc1. The van der Waals surface area contributed by atoms with Gasteiger partial charge >= 0.3 is 5.97 Å². The number of amides is 1. The van der Waals surface area contributed by atoms with Gasteiger partial charge < -0.3 is 19.5 Å². The predicted octanol–water partition coefficient (Wildman–Crippen LogP) is 2.76. The molecular weight excluding hydrogens is 322 g/mol. The van der Waals surface area contributed by atoms with Gasteiger partial charge in [0, 0.05) is 0 Å². The van der Waals surface area contributed by atoms with Crippen molar-refractivity contribution in [3.8, 4) is 11.5 Å². The average Bonchev–Trinajstić information content (AvgIpc) is 3.07. The quantitative estimate of drug-likeness (QED) is 0.847. The summed E-state index contributed by atoms with van der Waals surface area (Å²) in [6.07, 6.45) is 0. The Kier molecular flexibility index (Phi) is 4.88. The zero-order chi connectivity index (χ0) is 17.8. The highest BCUT2D eigenvalue weighted by Gasteiger charge is 2.18. The van der Waals surface area contributed by atoms with Crippen molar-refractivity contribution in [3.63, 3.8) is 0 Å². The second kappa shape index (κ2) is 7.25. The number of fused-ring (bicyclic) bond motifs is 1. The Morgan fingerprint density at radius 3 is 2.60 bits per heavy atom. The van der Waals surface area contributed by atoms with Crippen LogP contribution in [0.2, 0.25) is 0 Å². The number of hydrogen-bond donors (Lipinski definition) is 1. The third-order valence-corrected chi connectivity index (χ3v) is 3.90. The lowest BCUT2D eigenvalue weighted by molar-refractivity contribution is -0.124. The van der Waals surface area contributed by atoms with Crippen molar-refractivity contribution in [2.75, 3.05) is 13.4 Å². The number of nitrogens with one attached hydrogen (secondary N) is 1. The van der Waals surface area contributed by atoms with Gasteiger partial charge in [-0.3, -0.25) is 4.79 Å². The molecule has 0 unspecified atom stereocenters. The van der Waals surface area contributed by atoms with Crippen molar-refractivity contribution in [2.24, 2.45) is 0 Å². The monoisotopic (exact) mass is 341 g/mol. The smallest absolute Gasteiger partial charge is 0.338 e. The highest BCUT2D eigenvalue weighted by Crippen LogP contribution is 2.32. The number of rotatable bonds is 5. The van der Waals surface area contributed by atoms with Gasteiger partial charge in [0.25, 0.3) is 5.91 Å². The van der Waals surface area contributed by atoms with Crippen LogP contribution in [0.15, 0.2) is 42.5 Å². The van der Waals surface area contributed by atoms with E-state index in [-0.39, 0.29) is 25.3 Å². The molecule has 0 bridgehead atoms. The van der Waals surface area contributed by atoms with Crippen molar-refractivity contribution in [1.29, 1.82) is 0 Å². The highest BCUT2D eigenvalue weighted by atomic mass is 16.7.